The number of hydrogen-bond acceptors (Lipinski definition) is 6. The number of β-amino-alcohol motifs (C(OH)–C–C–N with tert-alkyl or cyclic N) is 1. The van der Waals surface area contributed by atoms with E-state index >= 15 is 0 Å². The van der Waals surface area contributed by atoms with Gasteiger partial charge in [0.1, 0.15) is 12.7 Å². The lowest BCUT2D eigenvalue weighted by Gasteiger charge is -2.36. The van der Waals surface area contributed by atoms with Gasteiger partial charge in [-0.3, -0.25) is 9.58 Å². The molecule has 2 aromatic heterocycles. The summed E-state index contributed by atoms with van der Waals surface area (Å²) in [6, 6.07) is 4.48. The fourth-order valence-corrected chi connectivity index (χ4v) is 3.70. The Hall–Kier alpha value is -1.28. The molecule has 0 aromatic carbocycles. The molecule has 23 heavy (non-hydrogen) atoms. The topological polar surface area (TPSA) is 63.4 Å². The summed E-state index contributed by atoms with van der Waals surface area (Å²) in [4.78, 5) is 7.56. The summed E-state index contributed by atoms with van der Waals surface area (Å²) in [7, 11) is 0. The van der Waals surface area contributed by atoms with E-state index in [0.29, 0.717) is 25.8 Å². The summed E-state index contributed by atoms with van der Waals surface area (Å²) >= 11 is 1.68. The minimum absolute atomic E-state index is 0.379. The Morgan fingerprint density at radius 3 is 3.17 bits per heavy atom. The van der Waals surface area contributed by atoms with E-state index in [4.69, 9.17) is 4.74 Å². The van der Waals surface area contributed by atoms with Crippen LogP contribution in [0.5, 0.6) is 0 Å². The van der Waals surface area contributed by atoms with Gasteiger partial charge in [0.15, 0.2) is 0 Å². The lowest BCUT2D eigenvalue weighted by molar-refractivity contribution is -0.00512. The van der Waals surface area contributed by atoms with E-state index in [1.807, 2.05) is 16.1 Å². The highest BCUT2D eigenvalue weighted by Gasteiger charge is 2.25. The number of ether oxygens (including phenoxy) is 1. The highest BCUT2D eigenvalue weighted by atomic mass is 32.1. The van der Waals surface area contributed by atoms with Crippen LogP contribution < -0.4 is 0 Å². The van der Waals surface area contributed by atoms with Gasteiger partial charge >= 0.3 is 0 Å². The number of thiophene rings is 1. The number of aliphatic hydroxyl groups excluding tert-OH is 1. The van der Waals surface area contributed by atoms with E-state index in [9.17, 15) is 5.11 Å². The minimum atomic E-state index is -0.452. The Labute approximate surface area is 140 Å². The quantitative estimate of drug-likeness (QED) is 0.796. The van der Waals surface area contributed by atoms with Crippen LogP contribution in [0.4, 0.5) is 0 Å². The maximum absolute atomic E-state index is 10.3. The SMILES string of the molecule is O[C@@H](COCc1cccs1)CN1CCCC[C@@H]1Cn1cncn1. The summed E-state index contributed by atoms with van der Waals surface area (Å²) in [5.41, 5.74) is 0. The van der Waals surface area contributed by atoms with Crippen LogP contribution >= 0.6 is 11.3 Å². The second kappa shape index (κ2) is 8.54. The van der Waals surface area contributed by atoms with Crippen molar-refractivity contribution in [3.05, 3.63) is 35.0 Å². The van der Waals surface area contributed by atoms with E-state index in [1.54, 1.807) is 24.0 Å². The molecule has 0 saturated carbocycles. The molecular weight excluding hydrogens is 312 g/mol. The first-order valence-electron chi connectivity index (χ1n) is 8.16. The van der Waals surface area contributed by atoms with Crippen molar-refractivity contribution < 1.29 is 9.84 Å². The van der Waals surface area contributed by atoms with Crippen LogP contribution in [0.3, 0.4) is 0 Å². The van der Waals surface area contributed by atoms with Crippen LogP contribution in [-0.2, 0) is 17.9 Å². The highest BCUT2D eigenvalue weighted by molar-refractivity contribution is 7.09. The van der Waals surface area contributed by atoms with Crippen molar-refractivity contribution in [2.75, 3.05) is 19.7 Å². The average Bonchev–Trinajstić information content (AvgIpc) is 3.23. The molecule has 1 aliphatic heterocycles. The predicted molar refractivity (Wildman–Crippen MR) is 89.2 cm³/mol. The molecule has 0 radical (unpaired) electrons. The third-order valence-electron chi connectivity index (χ3n) is 4.19. The summed E-state index contributed by atoms with van der Waals surface area (Å²) in [6.07, 6.45) is 6.44. The third kappa shape index (κ3) is 5.10. The number of likely N-dealkylation sites (tertiary alicyclic amines) is 1. The number of piperidine rings is 1. The van der Waals surface area contributed by atoms with Gasteiger partial charge in [-0.05, 0) is 30.8 Å². The predicted octanol–water partition coefficient (Wildman–Crippen LogP) is 1.77. The molecule has 0 amide bonds. The van der Waals surface area contributed by atoms with Crippen LogP contribution in [0.1, 0.15) is 24.1 Å². The normalized spacial score (nSPS) is 20.7. The van der Waals surface area contributed by atoms with Crippen molar-refractivity contribution in [1.29, 1.82) is 0 Å². The third-order valence-corrected chi connectivity index (χ3v) is 5.04. The fourth-order valence-electron chi connectivity index (χ4n) is 3.06. The van der Waals surface area contributed by atoms with E-state index in [1.165, 1.54) is 17.7 Å². The molecule has 3 rings (SSSR count). The highest BCUT2D eigenvalue weighted by Crippen LogP contribution is 2.19. The van der Waals surface area contributed by atoms with Gasteiger partial charge in [0.25, 0.3) is 0 Å². The Morgan fingerprint density at radius 1 is 1.43 bits per heavy atom. The van der Waals surface area contributed by atoms with Crippen LogP contribution in [0.25, 0.3) is 0 Å². The summed E-state index contributed by atoms with van der Waals surface area (Å²) < 4.78 is 7.51. The van der Waals surface area contributed by atoms with Gasteiger partial charge in [-0.25, -0.2) is 4.98 Å². The lowest BCUT2D eigenvalue weighted by Crippen LogP contribution is -2.46. The molecule has 1 aliphatic rings. The fraction of sp³-hybridized carbons (Fsp3) is 0.625. The van der Waals surface area contributed by atoms with Crippen LogP contribution in [-0.4, -0.2) is 56.6 Å². The zero-order chi connectivity index (χ0) is 15.9. The second-order valence-electron chi connectivity index (χ2n) is 6.01. The van der Waals surface area contributed by atoms with Gasteiger partial charge in [0.2, 0.25) is 0 Å². The largest absolute Gasteiger partial charge is 0.389 e. The maximum atomic E-state index is 10.3. The molecule has 3 heterocycles. The number of hydrogen-bond donors (Lipinski definition) is 1. The molecule has 1 N–H and O–H groups in total. The molecule has 0 aliphatic carbocycles. The zero-order valence-electron chi connectivity index (χ0n) is 13.3. The van der Waals surface area contributed by atoms with Crippen molar-refractivity contribution in [3.8, 4) is 0 Å². The molecule has 126 valence electrons. The first-order chi connectivity index (χ1) is 11.3. The number of rotatable bonds is 8. The van der Waals surface area contributed by atoms with Gasteiger partial charge in [-0.2, -0.15) is 5.10 Å². The molecular formula is C16H24N4O2S. The Kier molecular flexibility index (Phi) is 6.15. The lowest BCUT2D eigenvalue weighted by atomic mass is 10.0. The Bertz CT molecular complexity index is 546. The monoisotopic (exact) mass is 336 g/mol. The summed E-state index contributed by atoms with van der Waals surface area (Å²) in [5.74, 6) is 0. The molecule has 2 aromatic rings. The number of aromatic nitrogens is 3. The molecule has 6 nitrogen and oxygen atoms in total. The molecule has 0 unspecified atom stereocenters. The molecule has 7 heteroatoms. The van der Waals surface area contributed by atoms with E-state index < -0.39 is 6.10 Å². The molecule has 0 spiro atoms. The van der Waals surface area contributed by atoms with Crippen molar-refractivity contribution in [2.45, 2.75) is 44.6 Å². The molecule has 0 bridgehead atoms. The Balaban J connectivity index is 1.44. The average molecular weight is 336 g/mol. The van der Waals surface area contributed by atoms with Crippen molar-refractivity contribution >= 4 is 11.3 Å². The van der Waals surface area contributed by atoms with E-state index in [-0.39, 0.29) is 0 Å². The molecule has 2 atom stereocenters. The van der Waals surface area contributed by atoms with Gasteiger partial charge < -0.3 is 9.84 Å². The van der Waals surface area contributed by atoms with Gasteiger partial charge in [0, 0.05) is 17.5 Å². The van der Waals surface area contributed by atoms with Gasteiger partial charge in [-0.15, -0.1) is 11.3 Å². The van der Waals surface area contributed by atoms with Gasteiger partial charge in [0.05, 0.1) is 25.9 Å². The summed E-state index contributed by atoms with van der Waals surface area (Å²) in [5, 5.41) is 16.5. The van der Waals surface area contributed by atoms with Crippen LogP contribution in [0.2, 0.25) is 0 Å². The van der Waals surface area contributed by atoms with E-state index in [0.717, 1.165) is 19.5 Å². The van der Waals surface area contributed by atoms with Crippen LogP contribution in [0.15, 0.2) is 30.2 Å². The molecule has 1 saturated heterocycles. The van der Waals surface area contributed by atoms with Crippen molar-refractivity contribution in [3.63, 3.8) is 0 Å². The first-order valence-corrected chi connectivity index (χ1v) is 9.04. The van der Waals surface area contributed by atoms with E-state index in [2.05, 4.69) is 21.0 Å². The maximum Gasteiger partial charge on any atom is 0.137 e. The van der Waals surface area contributed by atoms with Crippen molar-refractivity contribution in [2.24, 2.45) is 0 Å². The zero-order valence-corrected chi connectivity index (χ0v) is 14.1. The van der Waals surface area contributed by atoms with Crippen LogP contribution in [0, 0.1) is 0 Å². The van der Waals surface area contributed by atoms with Crippen molar-refractivity contribution in [1.82, 2.24) is 19.7 Å². The minimum Gasteiger partial charge on any atom is -0.389 e. The second-order valence-corrected chi connectivity index (χ2v) is 7.04. The summed E-state index contributed by atoms with van der Waals surface area (Å²) in [6.45, 7) is 3.48. The smallest absolute Gasteiger partial charge is 0.137 e. The molecule has 1 fully saturated rings. The number of aliphatic hydroxyl groups is 1. The van der Waals surface area contributed by atoms with Gasteiger partial charge in [-0.1, -0.05) is 12.5 Å². The Morgan fingerprint density at radius 2 is 2.39 bits per heavy atom. The standard InChI is InChI=1S/C16H24N4O2S/c21-15(10-22-11-16-5-3-7-23-16)9-19-6-2-1-4-14(19)8-20-13-17-12-18-20/h3,5,7,12-15,21H,1-2,4,6,8-11H2/t14-,15-/m1/s1. The first kappa shape index (κ1) is 16.6. The number of nitrogens with zero attached hydrogens (tertiary/aromatic N) is 4.